The van der Waals surface area contributed by atoms with Gasteiger partial charge in [0.05, 0.1) is 0 Å². The molecule has 31 heavy (non-hydrogen) atoms. The fourth-order valence-electron chi connectivity index (χ4n) is 3.01. The first-order valence-electron chi connectivity index (χ1n) is 10.6. The maximum atomic E-state index is 12.6. The van der Waals surface area contributed by atoms with Gasteiger partial charge in [-0.05, 0) is 89.4 Å². The number of phenols is 1. The van der Waals surface area contributed by atoms with Crippen molar-refractivity contribution < 1.29 is 19.4 Å². The Morgan fingerprint density at radius 3 is 1.81 bits per heavy atom. The molecule has 0 saturated heterocycles. The molecular formula is C27H36O4. The molecule has 168 valence electrons. The molecule has 0 atom stereocenters. The van der Waals surface area contributed by atoms with Crippen LogP contribution in [0.4, 0.5) is 0 Å². The second-order valence-electron chi connectivity index (χ2n) is 10.8. The van der Waals surface area contributed by atoms with E-state index in [-0.39, 0.29) is 22.5 Å². The number of allylic oxidation sites excluding steroid dienone is 1. The summed E-state index contributed by atoms with van der Waals surface area (Å²) in [6.07, 6.45) is 3.32. The number of rotatable bonds is 5. The zero-order chi connectivity index (χ0) is 23.6. The van der Waals surface area contributed by atoms with Crippen LogP contribution in [0, 0.1) is 0 Å². The molecule has 0 aromatic heterocycles. The molecule has 4 heteroatoms. The number of carbonyl (C=O) groups excluding carboxylic acids is 1. The van der Waals surface area contributed by atoms with Crippen LogP contribution in [0.2, 0.25) is 0 Å². The van der Waals surface area contributed by atoms with Crippen molar-refractivity contribution in [1.82, 2.24) is 0 Å². The molecule has 4 nitrogen and oxygen atoms in total. The van der Waals surface area contributed by atoms with Crippen LogP contribution >= 0.6 is 0 Å². The minimum absolute atomic E-state index is 0.130. The maximum absolute atomic E-state index is 12.6. The Labute approximate surface area is 186 Å². The fraction of sp³-hybridized carbons (Fsp3) is 0.444. The van der Waals surface area contributed by atoms with Crippen LogP contribution in [0.5, 0.6) is 17.2 Å². The fourth-order valence-corrected chi connectivity index (χ4v) is 3.01. The minimum atomic E-state index is -0.411. The lowest BCUT2D eigenvalue weighted by Crippen LogP contribution is -2.27. The molecule has 0 aliphatic heterocycles. The predicted molar refractivity (Wildman–Crippen MR) is 127 cm³/mol. The van der Waals surface area contributed by atoms with Gasteiger partial charge in [-0.25, -0.2) is 0 Å². The molecule has 0 amide bonds. The molecule has 1 N–H and O–H groups in total. The Balaban J connectivity index is 2.57. The molecule has 0 radical (unpaired) electrons. The molecule has 0 aliphatic carbocycles. The summed E-state index contributed by atoms with van der Waals surface area (Å²) in [6.45, 7) is 18.4. The molecule has 2 aromatic carbocycles. The molecule has 0 heterocycles. The summed E-state index contributed by atoms with van der Waals surface area (Å²) in [5.41, 5.74) is 1.44. The summed E-state index contributed by atoms with van der Waals surface area (Å²) in [5, 5.41) is 9.45. The van der Waals surface area contributed by atoms with Gasteiger partial charge in [-0.1, -0.05) is 20.8 Å². The van der Waals surface area contributed by atoms with Gasteiger partial charge in [0.15, 0.2) is 5.78 Å². The van der Waals surface area contributed by atoms with E-state index < -0.39 is 5.60 Å². The van der Waals surface area contributed by atoms with Gasteiger partial charge in [-0.15, -0.1) is 0 Å². The third kappa shape index (κ3) is 7.46. The minimum Gasteiger partial charge on any atom is -0.508 e. The van der Waals surface area contributed by atoms with Crippen molar-refractivity contribution in [3.8, 4) is 17.2 Å². The van der Waals surface area contributed by atoms with Gasteiger partial charge in [0.1, 0.15) is 28.5 Å². The van der Waals surface area contributed by atoms with Gasteiger partial charge in [-0.2, -0.15) is 0 Å². The first-order chi connectivity index (χ1) is 14.0. The normalized spacial score (nSPS) is 12.8. The molecule has 2 aromatic rings. The van der Waals surface area contributed by atoms with E-state index in [1.165, 1.54) is 18.2 Å². The SMILES string of the molecule is CC(C)(C)Oc1cc(OC(C)(C)C)c(C(C)(C)C)cc1C=CC(=O)c1ccc(O)cc1. The van der Waals surface area contributed by atoms with Crippen molar-refractivity contribution in [2.45, 2.75) is 78.9 Å². The molecule has 0 unspecified atom stereocenters. The summed E-state index contributed by atoms with van der Waals surface area (Å²) in [5.74, 6) is 1.43. The van der Waals surface area contributed by atoms with E-state index in [1.807, 2.05) is 53.7 Å². The average Bonchev–Trinajstić information content (AvgIpc) is 2.57. The highest BCUT2D eigenvalue weighted by molar-refractivity contribution is 6.07. The van der Waals surface area contributed by atoms with Gasteiger partial charge in [0, 0.05) is 22.8 Å². The van der Waals surface area contributed by atoms with E-state index in [0.29, 0.717) is 11.3 Å². The third-order valence-electron chi connectivity index (χ3n) is 4.32. The lowest BCUT2D eigenvalue weighted by molar-refractivity contribution is 0.104. The lowest BCUT2D eigenvalue weighted by atomic mass is 9.85. The van der Waals surface area contributed by atoms with E-state index in [4.69, 9.17) is 9.47 Å². The maximum Gasteiger partial charge on any atom is 0.185 e. The van der Waals surface area contributed by atoms with Crippen LogP contribution in [0.25, 0.3) is 6.08 Å². The van der Waals surface area contributed by atoms with E-state index in [9.17, 15) is 9.90 Å². The molecular weight excluding hydrogens is 388 g/mol. The Morgan fingerprint density at radius 2 is 1.32 bits per heavy atom. The van der Waals surface area contributed by atoms with Crippen LogP contribution in [0.15, 0.2) is 42.5 Å². The smallest absolute Gasteiger partial charge is 0.185 e. The second kappa shape index (κ2) is 8.78. The van der Waals surface area contributed by atoms with Crippen LogP contribution in [-0.4, -0.2) is 22.1 Å². The Bertz CT molecular complexity index is 947. The zero-order valence-electron chi connectivity index (χ0n) is 20.3. The van der Waals surface area contributed by atoms with Gasteiger partial charge >= 0.3 is 0 Å². The Kier molecular flexibility index (Phi) is 6.94. The van der Waals surface area contributed by atoms with Crippen LogP contribution in [-0.2, 0) is 5.41 Å². The predicted octanol–water partition coefficient (Wildman–Crippen LogP) is 6.94. The number of aromatic hydroxyl groups is 1. The van der Waals surface area contributed by atoms with Crippen molar-refractivity contribution in [1.29, 1.82) is 0 Å². The number of hydrogen-bond donors (Lipinski definition) is 1. The first-order valence-corrected chi connectivity index (χ1v) is 10.6. The van der Waals surface area contributed by atoms with Crippen molar-refractivity contribution in [2.24, 2.45) is 0 Å². The van der Waals surface area contributed by atoms with Gasteiger partial charge < -0.3 is 14.6 Å². The van der Waals surface area contributed by atoms with Crippen molar-refractivity contribution in [2.75, 3.05) is 0 Å². The van der Waals surface area contributed by atoms with Crippen LogP contribution in [0.1, 0.15) is 83.8 Å². The number of ketones is 1. The second-order valence-corrected chi connectivity index (χ2v) is 10.8. The first kappa shape index (κ1) is 24.5. The van der Waals surface area contributed by atoms with Crippen molar-refractivity contribution >= 4 is 11.9 Å². The number of hydrogen-bond acceptors (Lipinski definition) is 4. The van der Waals surface area contributed by atoms with Gasteiger partial charge in [-0.3, -0.25) is 4.79 Å². The zero-order valence-corrected chi connectivity index (χ0v) is 20.3. The van der Waals surface area contributed by atoms with Crippen molar-refractivity contribution in [3.05, 3.63) is 59.2 Å². The number of ether oxygens (including phenoxy) is 2. The topological polar surface area (TPSA) is 55.8 Å². The highest BCUT2D eigenvalue weighted by atomic mass is 16.5. The largest absolute Gasteiger partial charge is 0.508 e. The molecule has 0 bridgehead atoms. The summed E-state index contributed by atoms with van der Waals surface area (Å²) < 4.78 is 12.5. The average molecular weight is 425 g/mol. The standard InChI is InChI=1S/C27H36O4/c1-25(2,3)21-16-19(12-15-22(29)18-10-13-20(28)14-11-18)23(30-26(4,5)6)17-24(21)31-27(7,8)9/h10-17,28H,1-9H3. The van der Waals surface area contributed by atoms with Crippen LogP contribution in [0.3, 0.4) is 0 Å². The Morgan fingerprint density at radius 1 is 0.806 bits per heavy atom. The molecule has 0 spiro atoms. The summed E-state index contributed by atoms with van der Waals surface area (Å²) >= 11 is 0. The summed E-state index contributed by atoms with van der Waals surface area (Å²) in [4.78, 5) is 12.6. The summed E-state index contributed by atoms with van der Waals surface area (Å²) in [6, 6.07) is 10.2. The van der Waals surface area contributed by atoms with E-state index in [0.717, 1.165) is 16.9 Å². The van der Waals surface area contributed by atoms with E-state index in [2.05, 4.69) is 20.8 Å². The highest BCUT2D eigenvalue weighted by Gasteiger charge is 2.26. The Hall–Kier alpha value is -2.75. The van der Waals surface area contributed by atoms with Gasteiger partial charge in [0.25, 0.3) is 0 Å². The lowest BCUT2D eigenvalue weighted by Gasteiger charge is -2.30. The highest BCUT2D eigenvalue weighted by Crippen LogP contribution is 2.40. The monoisotopic (exact) mass is 424 g/mol. The molecule has 0 fully saturated rings. The van der Waals surface area contributed by atoms with Crippen LogP contribution < -0.4 is 9.47 Å². The molecule has 0 saturated carbocycles. The molecule has 0 aliphatic rings. The van der Waals surface area contributed by atoms with Gasteiger partial charge in [0.2, 0.25) is 0 Å². The third-order valence-corrected chi connectivity index (χ3v) is 4.32. The quantitative estimate of drug-likeness (QED) is 0.417. The number of phenolic OH excluding ortho intramolecular Hbond substituents is 1. The van der Waals surface area contributed by atoms with Crippen molar-refractivity contribution in [3.63, 3.8) is 0 Å². The molecule has 2 rings (SSSR count). The van der Waals surface area contributed by atoms with E-state index in [1.54, 1.807) is 18.2 Å². The van der Waals surface area contributed by atoms with E-state index >= 15 is 0 Å². The number of benzene rings is 2. The summed E-state index contributed by atoms with van der Waals surface area (Å²) in [7, 11) is 0. The number of carbonyl (C=O) groups is 1.